The Kier molecular flexibility index (Phi) is 6.48. The van der Waals surface area contributed by atoms with Gasteiger partial charge in [0.1, 0.15) is 11.5 Å². The number of nitro groups is 1. The van der Waals surface area contributed by atoms with Crippen molar-refractivity contribution in [1.82, 2.24) is 10.6 Å². The molecule has 24 heavy (non-hydrogen) atoms. The van der Waals surface area contributed by atoms with Crippen LogP contribution in [-0.2, 0) is 0 Å². The number of nitro benzene ring substituents is 1. The van der Waals surface area contributed by atoms with E-state index in [2.05, 4.69) is 10.6 Å². The number of nitrogens with zero attached hydrogens (tertiary/aromatic N) is 1. The van der Waals surface area contributed by atoms with Gasteiger partial charge in [-0.3, -0.25) is 14.9 Å². The Bertz CT molecular complexity index is 601. The predicted octanol–water partition coefficient (Wildman–Crippen LogP) is 2.36. The molecule has 1 aliphatic rings. The Morgan fingerprint density at radius 2 is 1.92 bits per heavy atom. The van der Waals surface area contributed by atoms with Gasteiger partial charge in [-0.2, -0.15) is 0 Å². The smallest absolute Gasteiger partial charge is 0.295 e. The molecule has 1 aliphatic carbocycles. The molecule has 1 amide bonds. The number of anilines is 1. The Labute approximate surface area is 139 Å². The largest absolute Gasteiger partial charge is 0.393 e. The van der Waals surface area contributed by atoms with E-state index in [0.717, 1.165) is 18.9 Å². The lowest BCUT2D eigenvalue weighted by molar-refractivity contribution is -0.384. The standard InChI is InChI=1S/C16H23FN4O3/c17-11-9-13(15(18)14(10-11)21(23)24)16(22)20-8-7-19-12-5-3-1-2-4-6-12/h9-10,12,19H,1-8,18H2,(H,20,22). The molecule has 1 fully saturated rings. The minimum atomic E-state index is -0.863. The van der Waals surface area contributed by atoms with Crippen molar-refractivity contribution in [3.05, 3.63) is 33.6 Å². The summed E-state index contributed by atoms with van der Waals surface area (Å²) in [6.07, 6.45) is 7.24. The fourth-order valence-corrected chi connectivity index (χ4v) is 2.97. The van der Waals surface area contributed by atoms with Crippen molar-refractivity contribution in [3.8, 4) is 0 Å². The quantitative estimate of drug-likeness (QED) is 0.242. The molecule has 1 saturated carbocycles. The molecule has 2 rings (SSSR count). The number of nitrogen functional groups attached to an aromatic ring is 1. The first kappa shape index (κ1) is 18.1. The SMILES string of the molecule is Nc1c(C(=O)NCCNC2CCCCCC2)cc(F)cc1[N+](=O)[O-]. The number of nitrogens with two attached hydrogens (primary N) is 1. The average Bonchev–Trinajstić information content (AvgIpc) is 2.81. The van der Waals surface area contributed by atoms with Gasteiger partial charge in [-0.25, -0.2) is 4.39 Å². The summed E-state index contributed by atoms with van der Waals surface area (Å²) in [6.45, 7) is 0.937. The van der Waals surface area contributed by atoms with Crippen LogP contribution in [0.2, 0.25) is 0 Å². The zero-order chi connectivity index (χ0) is 17.5. The van der Waals surface area contributed by atoms with E-state index in [1.54, 1.807) is 0 Å². The summed E-state index contributed by atoms with van der Waals surface area (Å²) in [4.78, 5) is 22.1. The van der Waals surface area contributed by atoms with E-state index < -0.39 is 22.3 Å². The van der Waals surface area contributed by atoms with Gasteiger partial charge in [0, 0.05) is 19.1 Å². The maximum Gasteiger partial charge on any atom is 0.295 e. The third-order valence-electron chi connectivity index (χ3n) is 4.26. The summed E-state index contributed by atoms with van der Waals surface area (Å²) in [5.41, 5.74) is 4.47. The van der Waals surface area contributed by atoms with Crippen LogP contribution in [-0.4, -0.2) is 30.0 Å². The number of nitrogens with one attached hydrogen (secondary N) is 2. The summed E-state index contributed by atoms with van der Waals surface area (Å²) in [5, 5.41) is 16.8. The number of carbonyl (C=O) groups is 1. The van der Waals surface area contributed by atoms with E-state index in [4.69, 9.17) is 5.73 Å². The lowest BCUT2D eigenvalue weighted by atomic mass is 10.1. The molecule has 8 heteroatoms. The number of amides is 1. The predicted molar refractivity (Wildman–Crippen MR) is 89.3 cm³/mol. The van der Waals surface area contributed by atoms with Crippen LogP contribution < -0.4 is 16.4 Å². The summed E-state index contributed by atoms with van der Waals surface area (Å²) in [6, 6.07) is 2.08. The van der Waals surface area contributed by atoms with Crippen LogP contribution in [0, 0.1) is 15.9 Å². The highest BCUT2D eigenvalue weighted by Crippen LogP contribution is 2.26. The molecule has 0 unspecified atom stereocenters. The number of hydrogen-bond donors (Lipinski definition) is 3. The van der Waals surface area contributed by atoms with Crippen molar-refractivity contribution >= 4 is 17.3 Å². The molecule has 4 N–H and O–H groups in total. The minimum absolute atomic E-state index is 0.212. The molecule has 7 nitrogen and oxygen atoms in total. The van der Waals surface area contributed by atoms with E-state index in [0.29, 0.717) is 25.2 Å². The molecule has 132 valence electrons. The highest BCUT2D eigenvalue weighted by atomic mass is 19.1. The summed E-state index contributed by atoms with van der Waals surface area (Å²) in [5.74, 6) is -1.48. The second-order valence-corrected chi connectivity index (χ2v) is 6.04. The monoisotopic (exact) mass is 338 g/mol. The number of carbonyl (C=O) groups excluding carboxylic acids is 1. The van der Waals surface area contributed by atoms with Crippen molar-refractivity contribution in [2.24, 2.45) is 0 Å². The highest BCUT2D eigenvalue weighted by molar-refractivity contribution is 6.01. The number of hydrogen-bond acceptors (Lipinski definition) is 5. The third kappa shape index (κ3) is 4.89. The number of rotatable bonds is 6. The molecule has 0 aliphatic heterocycles. The Morgan fingerprint density at radius 3 is 2.54 bits per heavy atom. The maximum absolute atomic E-state index is 13.4. The fourth-order valence-electron chi connectivity index (χ4n) is 2.97. The molecule has 1 aromatic carbocycles. The normalized spacial score (nSPS) is 15.7. The van der Waals surface area contributed by atoms with E-state index in [9.17, 15) is 19.3 Å². The van der Waals surface area contributed by atoms with Crippen molar-refractivity contribution in [2.75, 3.05) is 18.8 Å². The van der Waals surface area contributed by atoms with Crippen molar-refractivity contribution < 1.29 is 14.1 Å². The van der Waals surface area contributed by atoms with Crippen molar-refractivity contribution in [2.45, 2.75) is 44.6 Å². The maximum atomic E-state index is 13.4. The van der Waals surface area contributed by atoms with Crippen molar-refractivity contribution in [3.63, 3.8) is 0 Å². The molecule has 1 aromatic rings. The van der Waals surface area contributed by atoms with E-state index >= 15 is 0 Å². The topological polar surface area (TPSA) is 110 Å². The van der Waals surface area contributed by atoms with Gasteiger partial charge < -0.3 is 16.4 Å². The minimum Gasteiger partial charge on any atom is -0.393 e. The van der Waals surface area contributed by atoms with Crippen LogP contribution >= 0.6 is 0 Å². The number of benzene rings is 1. The summed E-state index contributed by atoms with van der Waals surface area (Å²) in [7, 11) is 0. The Hall–Kier alpha value is -2.22. The molecular weight excluding hydrogens is 315 g/mol. The Balaban J connectivity index is 1.87. The molecule has 0 heterocycles. The van der Waals surface area contributed by atoms with Crippen LogP contribution in [0.4, 0.5) is 15.8 Å². The van der Waals surface area contributed by atoms with Gasteiger partial charge in [0.2, 0.25) is 0 Å². The first-order valence-electron chi connectivity index (χ1n) is 8.24. The second-order valence-electron chi connectivity index (χ2n) is 6.04. The van der Waals surface area contributed by atoms with Crippen LogP contribution in [0.1, 0.15) is 48.9 Å². The lowest BCUT2D eigenvalue weighted by Gasteiger charge is -2.16. The van der Waals surface area contributed by atoms with Crippen LogP contribution in [0.15, 0.2) is 12.1 Å². The molecule has 0 bridgehead atoms. The van der Waals surface area contributed by atoms with Crippen LogP contribution in [0.5, 0.6) is 0 Å². The van der Waals surface area contributed by atoms with Gasteiger partial charge in [-0.1, -0.05) is 25.7 Å². The van der Waals surface area contributed by atoms with Gasteiger partial charge in [-0.05, 0) is 18.9 Å². The van der Waals surface area contributed by atoms with Crippen LogP contribution in [0.25, 0.3) is 0 Å². The van der Waals surface area contributed by atoms with Gasteiger partial charge >= 0.3 is 0 Å². The first-order chi connectivity index (χ1) is 11.5. The highest BCUT2D eigenvalue weighted by Gasteiger charge is 2.21. The summed E-state index contributed by atoms with van der Waals surface area (Å²) >= 11 is 0. The van der Waals surface area contributed by atoms with Crippen LogP contribution in [0.3, 0.4) is 0 Å². The zero-order valence-corrected chi connectivity index (χ0v) is 13.5. The van der Waals surface area contributed by atoms with E-state index in [-0.39, 0.29) is 11.3 Å². The number of halogens is 1. The average molecular weight is 338 g/mol. The molecule has 0 saturated heterocycles. The summed E-state index contributed by atoms with van der Waals surface area (Å²) < 4.78 is 13.4. The molecule has 0 spiro atoms. The van der Waals surface area contributed by atoms with Gasteiger partial charge in [0.15, 0.2) is 0 Å². The van der Waals surface area contributed by atoms with Gasteiger partial charge in [-0.15, -0.1) is 0 Å². The molecule has 0 radical (unpaired) electrons. The molecule has 0 atom stereocenters. The van der Waals surface area contributed by atoms with E-state index in [1.165, 1.54) is 25.7 Å². The molecule has 0 aromatic heterocycles. The van der Waals surface area contributed by atoms with Crippen molar-refractivity contribution in [1.29, 1.82) is 0 Å². The fraction of sp³-hybridized carbons (Fsp3) is 0.562. The first-order valence-corrected chi connectivity index (χ1v) is 8.24. The van der Waals surface area contributed by atoms with Gasteiger partial charge in [0.05, 0.1) is 16.6 Å². The third-order valence-corrected chi connectivity index (χ3v) is 4.26. The molecular formula is C16H23FN4O3. The van der Waals surface area contributed by atoms with E-state index in [1.807, 2.05) is 0 Å². The second kappa shape index (κ2) is 8.58. The Morgan fingerprint density at radius 1 is 1.25 bits per heavy atom. The van der Waals surface area contributed by atoms with Gasteiger partial charge in [0.25, 0.3) is 11.6 Å². The lowest BCUT2D eigenvalue weighted by Crippen LogP contribution is -2.37. The zero-order valence-electron chi connectivity index (χ0n) is 13.5.